The number of amides is 2. The van der Waals surface area contributed by atoms with Crippen LogP contribution in [0.1, 0.15) is 44.3 Å². The fourth-order valence-corrected chi connectivity index (χ4v) is 5.97. The lowest BCUT2D eigenvalue weighted by Gasteiger charge is -2.32. The smallest absolute Gasteiger partial charge is 0.326 e. The second-order valence-corrected chi connectivity index (χ2v) is 11.8. The molecule has 13 heteroatoms. The van der Waals surface area contributed by atoms with Crippen LogP contribution in [-0.4, -0.2) is 51.0 Å². The number of H-pyrrole nitrogens is 1. The summed E-state index contributed by atoms with van der Waals surface area (Å²) in [5.74, 6) is -3.43. The Kier molecular flexibility index (Phi) is 10.6. The van der Waals surface area contributed by atoms with E-state index in [9.17, 15) is 33.8 Å². The van der Waals surface area contributed by atoms with Crippen molar-refractivity contribution in [2.75, 3.05) is 5.32 Å². The van der Waals surface area contributed by atoms with Crippen molar-refractivity contribution in [1.29, 1.82) is 0 Å². The van der Waals surface area contributed by atoms with Gasteiger partial charge in [0.15, 0.2) is 0 Å². The van der Waals surface area contributed by atoms with E-state index in [0.29, 0.717) is 26.9 Å². The van der Waals surface area contributed by atoms with Crippen LogP contribution < -0.4 is 16.0 Å². The van der Waals surface area contributed by atoms with E-state index in [2.05, 4.69) is 20.9 Å². The number of carboxylic acid groups (broad SMARTS) is 2. The lowest BCUT2D eigenvalue weighted by atomic mass is 9.92. The number of hydrogen-bond acceptors (Lipinski definition) is 5. The van der Waals surface area contributed by atoms with Crippen LogP contribution in [0.25, 0.3) is 10.9 Å². The zero-order valence-electron chi connectivity index (χ0n) is 25.0. The number of para-hydroxylation sites is 1. The number of fused-ring (bicyclic) bond motifs is 2. The third-order valence-corrected chi connectivity index (χ3v) is 8.22. The summed E-state index contributed by atoms with van der Waals surface area (Å²) in [4.78, 5) is 50.6. The molecule has 0 aliphatic carbocycles. The predicted molar refractivity (Wildman–Crippen MR) is 180 cm³/mol. The Morgan fingerprint density at radius 3 is 2.23 bits per heavy atom. The molecular formula is C35H29Cl2FN4O6. The van der Waals surface area contributed by atoms with E-state index in [1.54, 1.807) is 42.6 Å². The monoisotopic (exact) mass is 690 g/mol. The number of rotatable bonds is 8. The molecule has 48 heavy (non-hydrogen) atoms. The molecule has 3 atom stereocenters. The van der Waals surface area contributed by atoms with Crippen molar-refractivity contribution in [1.82, 2.24) is 15.6 Å². The Hall–Kier alpha value is -5.39. The second-order valence-electron chi connectivity index (χ2n) is 10.9. The Morgan fingerprint density at radius 1 is 0.875 bits per heavy atom. The van der Waals surface area contributed by atoms with E-state index in [-0.39, 0.29) is 24.3 Å². The van der Waals surface area contributed by atoms with Gasteiger partial charge in [-0.15, -0.1) is 0 Å². The Labute approximate surface area is 283 Å². The summed E-state index contributed by atoms with van der Waals surface area (Å²) in [5.41, 5.74) is 3.57. The number of aliphatic carboxylic acids is 2. The lowest BCUT2D eigenvalue weighted by Crippen LogP contribution is -2.42. The van der Waals surface area contributed by atoms with E-state index < -0.39 is 41.8 Å². The van der Waals surface area contributed by atoms with Gasteiger partial charge < -0.3 is 31.1 Å². The van der Waals surface area contributed by atoms with Crippen molar-refractivity contribution in [3.63, 3.8) is 0 Å². The molecule has 0 radical (unpaired) electrons. The Morgan fingerprint density at radius 2 is 1.54 bits per heavy atom. The average molecular weight is 692 g/mol. The molecule has 5 aromatic rings. The van der Waals surface area contributed by atoms with Crippen LogP contribution in [0.2, 0.25) is 10.0 Å². The zero-order chi connectivity index (χ0) is 34.4. The van der Waals surface area contributed by atoms with Crippen molar-refractivity contribution in [2.45, 2.75) is 31.0 Å². The van der Waals surface area contributed by atoms with Crippen LogP contribution in [-0.2, 0) is 16.0 Å². The normalized spacial score (nSPS) is 15.6. The van der Waals surface area contributed by atoms with Crippen molar-refractivity contribution in [3.05, 3.63) is 135 Å². The number of hydrogen-bond donors (Lipinski definition) is 6. The van der Waals surface area contributed by atoms with Crippen molar-refractivity contribution in [3.8, 4) is 0 Å². The summed E-state index contributed by atoms with van der Waals surface area (Å²) in [6.45, 7) is 0. The number of anilines is 1. The van der Waals surface area contributed by atoms with Crippen LogP contribution in [0.3, 0.4) is 0 Å². The fraction of sp³-hybridized carbons (Fsp3) is 0.143. The van der Waals surface area contributed by atoms with Gasteiger partial charge in [-0.05, 0) is 60.2 Å². The maximum atomic E-state index is 12.9. The largest absolute Gasteiger partial charge is 0.480 e. The summed E-state index contributed by atoms with van der Waals surface area (Å²) in [6, 6.07) is 21.9. The number of aromatic amines is 1. The highest BCUT2D eigenvalue weighted by molar-refractivity contribution is 6.35. The lowest BCUT2D eigenvalue weighted by molar-refractivity contribution is -0.139. The van der Waals surface area contributed by atoms with Gasteiger partial charge in [0.2, 0.25) is 0 Å². The molecule has 1 aromatic heterocycles. The predicted octanol–water partition coefficient (Wildman–Crippen LogP) is 6.47. The fourth-order valence-electron chi connectivity index (χ4n) is 5.35. The minimum atomic E-state index is -1.13. The topological polar surface area (TPSA) is 161 Å². The van der Waals surface area contributed by atoms with Gasteiger partial charge >= 0.3 is 11.9 Å². The molecular weight excluding hydrogens is 662 g/mol. The summed E-state index contributed by atoms with van der Waals surface area (Å²) >= 11 is 12.3. The first-order valence-corrected chi connectivity index (χ1v) is 15.4. The van der Waals surface area contributed by atoms with E-state index >= 15 is 0 Å². The highest BCUT2D eigenvalue weighted by atomic mass is 35.5. The summed E-state index contributed by atoms with van der Waals surface area (Å²) in [7, 11) is 0. The van der Waals surface area contributed by atoms with Crippen LogP contribution in [0.5, 0.6) is 0 Å². The van der Waals surface area contributed by atoms with Crippen molar-refractivity contribution >= 4 is 63.5 Å². The van der Waals surface area contributed by atoms with Gasteiger partial charge in [0.25, 0.3) is 11.8 Å². The van der Waals surface area contributed by atoms with E-state index in [0.717, 1.165) is 28.6 Å². The van der Waals surface area contributed by atoms with Gasteiger partial charge in [-0.25, -0.2) is 14.0 Å². The maximum absolute atomic E-state index is 12.9. The quantitative estimate of drug-likeness (QED) is 0.109. The molecule has 0 fully saturated rings. The van der Waals surface area contributed by atoms with Crippen molar-refractivity contribution < 1.29 is 33.8 Å². The number of nitrogens with one attached hydrogen (secondary N) is 4. The molecule has 0 bridgehead atoms. The minimum absolute atomic E-state index is 0.145. The van der Waals surface area contributed by atoms with Crippen LogP contribution in [0, 0.1) is 5.82 Å². The molecule has 10 nitrogen and oxygen atoms in total. The number of carbonyl (C=O) groups excluding carboxylic acids is 2. The molecule has 0 saturated carbocycles. The van der Waals surface area contributed by atoms with E-state index in [1.165, 1.54) is 12.1 Å². The van der Waals surface area contributed by atoms with Crippen molar-refractivity contribution in [2.24, 2.45) is 0 Å². The number of carbonyl (C=O) groups is 4. The van der Waals surface area contributed by atoms with Gasteiger partial charge in [0, 0.05) is 62.4 Å². The second kappa shape index (κ2) is 15.0. The standard InChI is InChI=1S/C18H15FN2O3.C17H14Cl2N2O3/c19-13-7-5-11(6-8-13)17(22)21-16(18(23)24)9-12-10-20-15-4-2-1-3-14(12)15;18-10-6-11(19)15-12(7-10)20-14(17(23)24)8-13(15)21-16(22)9-4-2-1-3-5-9/h1-8,10,16,20H,9H2,(H,21,22)(H,23,24);1-7,13-14,20H,8H2,(H,21,22)(H,23,24)/t16-;13-,14-/m11/s1. The highest BCUT2D eigenvalue weighted by Gasteiger charge is 2.33. The molecule has 6 rings (SSSR count). The zero-order valence-corrected chi connectivity index (χ0v) is 26.6. The Balaban J connectivity index is 0.000000188. The molecule has 2 amide bonds. The maximum Gasteiger partial charge on any atom is 0.326 e. The van der Waals surface area contributed by atoms with Gasteiger partial charge in [0.05, 0.1) is 6.04 Å². The first-order valence-electron chi connectivity index (χ1n) is 14.7. The third-order valence-electron chi connectivity index (χ3n) is 7.69. The summed E-state index contributed by atoms with van der Waals surface area (Å²) < 4.78 is 12.9. The number of carboxylic acids is 2. The van der Waals surface area contributed by atoms with E-state index in [1.807, 2.05) is 30.3 Å². The third kappa shape index (κ3) is 8.11. The summed E-state index contributed by atoms with van der Waals surface area (Å²) in [5, 5.41) is 28.7. The first kappa shape index (κ1) is 34.0. The van der Waals surface area contributed by atoms with E-state index in [4.69, 9.17) is 23.2 Å². The van der Waals surface area contributed by atoms with Gasteiger partial charge in [-0.2, -0.15) is 0 Å². The van der Waals surface area contributed by atoms with Gasteiger partial charge in [-0.3, -0.25) is 9.59 Å². The van der Waals surface area contributed by atoms with Crippen LogP contribution >= 0.6 is 23.2 Å². The first-order chi connectivity index (χ1) is 23.0. The molecule has 246 valence electrons. The minimum Gasteiger partial charge on any atom is -0.480 e. The van der Waals surface area contributed by atoms with Gasteiger partial charge in [-0.1, -0.05) is 59.6 Å². The van der Waals surface area contributed by atoms with Crippen LogP contribution in [0.4, 0.5) is 10.1 Å². The number of aromatic nitrogens is 1. The molecule has 6 N–H and O–H groups in total. The highest BCUT2D eigenvalue weighted by Crippen LogP contribution is 2.40. The SMILES string of the molecule is O=C(N[C@@H]1C[C@H](C(=O)O)Nc2cc(Cl)cc(Cl)c21)c1ccccc1.O=C(N[C@H](Cc1c[nH]c2ccccc12)C(=O)O)c1ccc(F)cc1. The van der Waals surface area contributed by atoms with Crippen LogP contribution in [0.15, 0.2) is 97.2 Å². The average Bonchev–Trinajstić information content (AvgIpc) is 3.47. The molecule has 4 aromatic carbocycles. The molecule has 0 spiro atoms. The molecule has 1 aliphatic heterocycles. The van der Waals surface area contributed by atoms with Gasteiger partial charge in [0.1, 0.15) is 17.9 Å². The Bertz CT molecular complexity index is 1970. The molecule has 0 saturated heterocycles. The molecule has 1 aliphatic rings. The number of halogens is 3. The summed E-state index contributed by atoms with van der Waals surface area (Å²) in [6.07, 6.45) is 2.07. The molecule has 0 unspecified atom stereocenters. The molecule has 2 heterocycles. The number of benzene rings is 4.